The highest BCUT2D eigenvalue weighted by Crippen LogP contribution is 2.32. The van der Waals surface area contributed by atoms with Gasteiger partial charge in [-0.2, -0.15) is 16.8 Å². The Balaban J connectivity index is 2.17. The van der Waals surface area contributed by atoms with Gasteiger partial charge in [-0.15, -0.1) is 0 Å². The average Bonchev–Trinajstić information content (AvgIpc) is 2.73. The van der Waals surface area contributed by atoms with Crippen molar-refractivity contribution in [2.45, 2.75) is 29.5 Å². The summed E-state index contributed by atoms with van der Waals surface area (Å²) in [5, 5.41) is 10.1. The number of halogens is 1. The Bertz CT molecular complexity index is 1150. The SMILES string of the molecule is COS(=O)(=O)OSC(C)(C)[C@@H](NS(=O)(=O)c1ccc(Oc2ccc(Cl)cc2)cc1)C(=O)O. The number of carboxylic acid groups (broad SMARTS) is 1. The highest BCUT2D eigenvalue weighted by molar-refractivity contribution is 8.04. The first-order valence-electron chi connectivity index (χ1n) is 8.72. The Labute approximate surface area is 195 Å². The molecule has 32 heavy (non-hydrogen) atoms. The van der Waals surface area contributed by atoms with Crippen LogP contribution in [0.2, 0.25) is 5.02 Å². The molecule has 14 heteroatoms. The molecule has 0 radical (unpaired) electrons. The highest BCUT2D eigenvalue weighted by atomic mass is 35.5. The number of hydrogen-bond acceptors (Lipinski definition) is 9. The van der Waals surface area contributed by atoms with E-state index in [4.69, 9.17) is 16.3 Å². The first-order chi connectivity index (χ1) is 14.8. The normalized spacial score (nSPS) is 13.5. The Morgan fingerprint density at radius 3 is 2.00 bits per heavy atom. The van der Waals surface area contributed by atoms with Crippen LogP contribution in [0.15, 0.2) is 53.4 Å². The number of carbonyl (C=O) groups is 1. The standard InChI is InChI=1S/C18H20ClNO9S3/c1-18(2,30-29-32(25,26)27-3)16(17(21)22)20-31(23,24)15-10-8-14(9-11-15)28-13-6-4-12(19)5-7-13/h4-11,16,20H,1-3H3,(H,21,22)/t16-/m0/s1. The van der Waals surface area contributed by atoms with Gasteiger partial charge >= 0.3 is 16.4 Å². The summed E-state index contributed by atoms with van der Waals surface area (Å²) < 4.78 is 62.9. The van der Waals surface area contributed by atoms with Crippen molar-refractivity contribution >= 4 is 50.0 Å². The van der Waals surface area contributed by atoms with Crippen LogP contribution in [0.25, 0.3) is 0 Å². The number of sulfonamides is 1. The first kappa shape index (κ1) is 26.4. The van der Waals surface area contributed by atoms with E-state index in [1.165, 1.54) is 38.1 Å². The van der Waals surface area contributed by atoms with Crippen molar-refractivity contribution in [3.63, 3.8) is 0 Å². The molecule has 2 aromatic rings. The number of hydrogen-bond donors (Lipinski definition) is 2. The summed E-state index contributed by atoms with van der Waals surface area (Å²) in [6, 6.07) is 10.1. The minimum Gasteiger partial charge on any atom is -0.480 e. The van der Waals surface area contributed by atoms with E-state index in [1.807, 2.05) is 0 Å². The lowest BCUT2D eigenvalue weighted by molar-refractivity contribution is -0.139. The number of rotatable bonds is 11. The molecule has 0 aromatic heterocycles. The molecule has 2 rings (SSSR count). The molecule has 0 unspecified atom stereocenters. The summed E-state index contributed by atoms with van der Waals surface area (Å²) in [6.45, 7) is 2.60. The molecule has 0 heterocycles. The summed E-state index contributed by atoms with van der Waals surface area (Å²) >= 11 is 6.05. The first-order valence-corrected chi connectivity index (χ1v) is 12.7. The minimum absolute atomic E-state index is 0.224. The number of benzene rings is 2. The number of aliphatic carboxylic acids is 1. The van der Waals surface area contributed by atoms with E-state index < -0.39 is 37.2 Å². The van der Waals surface area contributed by atoms with E-state index >= 15 is 0 Å². The molecular formula is C18H20ClNO9S3. The van der Waals surface area contributed by atoms with Crippen LogP contribution in [-0.2, 0) is 33.0 Å². The minimum atomic E-state index is -4.37. The van der Waals surface area contributed by atoms with Gasteiger partial charge in [0.1, 0.15) is 17.5 Å². The fourth-order valence-corrected chi connectivity index (χ4v) is 5.29. The smallest absolute Gasteiger partial charge is 0.410 e. The molecule has 0 saturated carbocycles. The largest absolute Gasteiger partial charge is 0.480 e. The van der Waals surface area contributed by atoms with Crippen LogP contribution >= 0.6 is 23.6 Å². The van der Waals surface area contributed by atoms with E-state index in [-0.39, 0.29) is 16.9 Å². The van der Waals surface area contributed by atoms with Gasteiger partial charge in [-0.1, -0.05) is 11.6 Å². The predicted molar refractivity (Wildman–Crippen MR) is 118 cm³/mol. The van der Waals surface area contributed by atoms with E-state index in [2.05, 4.69) is 12.5 Å². The second-order valence-electron chi connectivity index (χ2n) is 6.75. The molecular weight excluding hydrogens is 506 g/mol. The van der Waals surface area contributed by atoms with Crippen molar-refractivity contribution in [2.24, 2.45) is 0 Å². The fourth-order valence-electron chi connectivity index (χ4n) is 2.24. The zero-order valence-electron chi connectivity index (χ0n) is 17.0. The van der Waals surface area contributed by atoms with Gasteiger partial charge in [-0.05, 0) is 62.4 Å². The van der Waals surface area contributed by atoms with Gasteiger partial charge in [-0.25, -0.2) is 8.42 Å². The third-order valence-electron chi connectivity index (χ3n) is 3.93. The lowest BCUT2D eigenvalue weighted by Crippen LogP contribution is -2.52. The van der Waals surface area contributed by atoms with E-state index in [1.54, 1.807) is 24.3 Å². The van der Waals surface area contributed by atoms with E-state index in [0.29, 0.717) is 16.5 Å². The molecule has 1 atom stereocenters. The van der Waals surface area contributed by atoms with Gasteiger partial charge in [0.25, 0.3) is 0 Å². The summed E-state index contributed by atoms with van der Waals surface area (Å²) in [5.74, 6) is -0.707. The quantitative estimate of drug-likeness (QED) is 0.419. The van der Waals surface area contributed by atoms with Crippen LogP contribution in [0.1, 0.15) is 13.8 Å². The molecule has 10 nitrogen and oxygen atoms in total. The number of carboxylic acids is 1. The number of ether oxygens (including phenoxy) is 1. The molecule has 2 N–H and O–H groups in total. The Hall–Kier alpha value is -1.87. The molecule has 0 aliphatic heterocycles. The summed E-state index contributed by atoms with van der Waals surface area (Å²) in [4.78, 5) is 11.5. The Morgan fingerprint density at radius 1 is 1.03 bits per heavy atom. The van der Waals surface area contributed by atoms with Crippen LogP contribution in [0, 0.1) is 0 Å². The molecule has 2 aromatic carbocycles. The summed E-state index contributed by atoms with van der Waals surface area (Å²) in [7, 11) is -7.80. The van der Waals surface area contributed by atoms with Crippen molar-refractivity contribution in [2.75, 3.05) is 7.11 Å². The van der Waals surface area contributed by atoms with Crippen molar-refractivity contribution in [3.8, 4) is 11.5 Å². The van der Waals surface area contributed by atoms with Gasteiger partial charge in [0, 0.05) is 17.1 Å². The molecule has 0 aliphatic rings. The number of nitrogens with one attached hydrogen (secondary N) is 1. The average molecular weight is 526 g/mol. The third kappa shape index (κ3) is 7.33. The van der Waals surface area contributed by atoms with E-state index in [9.17, 15) is 26.7 Å². The van der Waals surface area contributed by atoms with Crippen LogP contribution in [0.4, 0.5) is 0 Å². The zero-order chi connectivity index (χ0) is 24.2. The van der Waals surface area contributed by atoms with Gasteiger partial charge in [-0.3, -0.25) is 8.98 Å². The summed E-state index contributed by atoms with van der Waals surface area (Å²) in [6.07, 6.45) is 0. The maximum atomic E-state index is 12.7. The second-order valence-corrected chi connectivity index (χ2v) is 11.8. The molecule has 0 aliphatic carbocycles. The monoisotopic (exact) mass is 525 g/mol. The van der Waals surface area contributed by atoms with Crippen LogP contribution < -0.4 is 9.46 Å². The van der Waals surface area contributed by atoms with Crippen molar-refractivity contribution in [1.29, 1.82) is 0 Å². The maximum absolute atomic E-state index is 12.7. The lowest BCUT2D eigenvalue weighted by Gasteiger charge is -2.29. The van der Waals surface area contributed by atoms with Crippen LogP contribution in [0.5, 0.6) is 11.5 Å². The van der Waals surface area contributed by atoms with Gasteiger partial charge in [0.2, 0.25) is 10.0 Å². The van der Waals surface area contributed by atoms with E-state index in [0.717, 1.165) is 7.11 Å². The third-order valence-corrected chi connectivity index (χ3v) is 7.64. The molecule has 0 saturated heterocycles. The Morgan fingerprint density at radius 2 is 1.53 bits per heavy atom. The predicted octanol–water partition coefficient (Wildman–Crippen LogP) is 3.20. The van der Waals surface area contributed by atoms with Crippen LogP contribution in [0.3, 0.4) is 0 Å². The highest BCUT2D eigenvalue weighted by Gasteiger charge is 2.41. The van der Waals surface area contributed by atoms with Gasteiger partial charge in [0.05, 0.1) is 16.8 Å². The molecule has 0 amide bonds. The lowest BCUT2D eigenvalue weighted by atomic mass is 10.1. The van der Waals surface area contributed by atoms with Crippen molar-refractivity contribution in [1.82, 2.24) is 4.72 Å². The van der Waals surface area contributed by atoms with Crippen LogP contribution in [-0.4, -0.2) is 45.8 Å². The second kappa shape index (κ2) is 10.4. The maximum Gasteiger partial charge on any atom is 0.410 e. The van der Waals surface area contributed by atoms with Crippen molar-refractivity contribution in [3.05, 3.63) is 53.6 Å². The van der Waals surface area contributed by atoms with Gasteiger partial charge in [0.15, 0.2) is 0 Å². The molecule has 0 bridgehead atoms. The fraction of sp³-hybridized carbons (Fsp3) is 0.278. The molecule has 0 fully saturated rings. The molecule has 0 spiro atoms. The zero-order valence-corrected chi connectivity index (χ0v) is 20.2. The van der Waals surface area contributed by atoms with Gasteiger partial charge < -0.3 is 9.84 Å². The topological polar surface area (TPSA) is 145 Å². The van der Waals surface area contributed by atoms with Crippen molar-refractivity contribution < 1.29 is 39.3 Å². The Kier molecular flexibility index (Phi) is 8.56. The molecule has 176 valence electrons. The summed E-state index contributed by atoms with van der Waals surface area (Å²) in [5.41, 5.74) is 0.